The third kappa shape index (κ3) is 14.6. The number of nitrogens with zero attached hydrogens (tertiary/aromatic N) is 1. The molecule has 122 valence electrons. The van der Waals surface area contributed by atoms with Crippen molar-refractivity contribution in [3.8, 4) is 0 Å². The maximum atomic E-state index is 4.37. The van der Waals surface area contributed by atoms with Gasteiger partial charge < -0.3 is 15.5 Å². The number of thiol groups is 1. The van der Waals surface area contributed by atoms with Crippen molar-refractivity contribution in [1.82, 2.24) is 15.5 Å². The first-order valence-corrected chi connectivity index (χ1v) is 9.23. The van der Waals surface area contributed by atoms with Gasteiger partial charge in [-0.1, -0.05) is 26.7 Å². The number of rotatable bonds is 16. The molecule has 0 amide bonds. The molecule has 0 aromatic heterocycles. The minimum Gasteiger partial charge on any atom is -0.317 e. The Morgan fingerprint density at radius 1 is 0.700 bits per heavy atom. The fraction of sp³-hybridized carbons (Fsp3) is 1.00. The Labute approximate surface area is 132 Å². The van der Waals surface area contributed by atoms with Gasteiger partial charge in [0.25, 0.3) is 0 Å². The number of nitrogens with one attached hydrogen (secondary N) is 2. The van der Waals surface area contributed by atoms with Gasteiger partial charge in [0.1, 0.15) is 0 Å². The number of unbranched alkanes of at least 4 members (excludes halogenated alkanes) is 2. The summed E-state index contributed by atoms with van der Waals surface area (Å²) in [5.41, 5.74) is 0. The zero-order valence-electron chi connectivity index (χ0n) is 13.8. The van der Waals surface area contributed by atoms with Crippen LogP contribution >= 0.6 is 12.6 Å². The highest BCUT2D eigenvalue weighted by atomic mass is 32.1. The van der Waals surface area contributed by atoms with E-state index in [2.05, 4.69) is 42.0 Å². The monoisotopic (exact) mass is 303 g/mol. The molecule has 4 heteroatoms. The van der Waals surface area contributed by atoms with E-state index in [9.17, 15) is 0 Å². The minimum atomic E-state index is 0.965. The summed E-state index contributed by atoms with van der Waals surface area (Å²) in [5, 5.41) is 7.03. The van der Waals surface area contributed by atoms with Crippen LogP contribution in [0.1, 0.15) is 52.4 Å². The fourth-order valence-corrected chi connectivity index (χ4v) is 2.47. The molecule has 0 atom stereocenters. The fourth-order valence-electron chi connectivity index (χ4n) is 2.19. The Morgan fingerprint density at radius 3 is 1.55 bits per heavy atom. The van der Waals surface area contributed by atoms with Crippen molar-refractivity contribution in [3.63, 3.8) is 0 Å². The first kappa shape index (κ1) is 20.2. The normalized spacial score (nSPS) is 11.4. The predicted octanol–water partition coefficient (Wildman–Crippen LogP) is 2.78. The summed E-state index contributed by atoms with van der Waals surface area (Å²) >= 11 is 4.37. The van der Waals surface area contributed by atoms with Crippen molar-refractivity contribution >= 4 is 12.6 Å². The quantitative estimate of drug-likeness (QED) is 0.302. The molecule has 0 aliphatic rings. The molecule has 20 heavy (non-hydrogen) atoms. The molecular formula is C16H37N3S. The van der Waals surface area contributed by atoms with Gasteiger partial charge >= 0.3 is 0 Å². The van der Waals surface area contributed by atoms with Gasteiger partial charge in [-0.2, -0.15) is 12.6 Å². The molecule has 3 nitrogen and oxygen atoms in total. The third-order valence-electron chi connectivity index (χ3n) is 3.49. The molecule has 0 heterocycles. The zero-order chi connectivity index (χ0) is 14.9. The second-order valence-electron chi connectivity index (χ2n) is 5.48. The molecule has 0 aliphatic heterocycles. The lowest BCUT2D eigenvalue weighted by Gasteiger charge is -2.21. The summed E-state index contributed by atoms with van der Waals surface area (Å²) in [6, 6.07) is 0. The van der Waals surface area contributed by atoms with Gasteiger partial charge in [0.15, 0.2) is 0 Å². The van der Waals surface area contributed by atoms with E-state index in [1.54, 1.807) is 0 Å². The second-order valence-corrected chi connectivity index (χ2v) is 5.93. The van der Waals surface area contributed by atoms with Crippen molar-refractivity contribution in [1.29, 1.82) is 0 Å². The maximum Gasteiger partial charge on any atom is 0.00698 e. The van der Waals surface area contributed by atoms with Crippen LogP contribution in [0.5, 0.6) is 0 Å². The Kier molecular flexibility index (Phi) is 17.5. The topological polar surface area (TPSA) is 27.3 Å². The SMILES string of the molecule is CCCCNCCCN(CCS)CCCNCCCC. The smallest absolute Gasteiger partial charge is 0.00698 e. The lowest BCUT2D eigenvalue weighted by Crippen LogP contribution is -2.32. The predicted molar refractivity (Wildman–Crippen MR) is 95.1 cm³/mol. The van der Waals surface area contributed by atoms with Crippen LogP contribution in [0.3, 0.4) is 0 Å². The highest BCUT2D eigenvalue weighted by Crippen LogP contribution is 1.95. The van der Waals surface area contributed by atoms with Gasteiger partial charge in [0.2, 0.25) is 0 Å². The zero-order valence-corrected chi connectivity index (χ0v) is 14.7. The van der Waals surface area contributed by atoms with Crippen LogP contribution in [0.4, 0.5) is 0 Å². The van der Waals surface area contributed by atoms with E-state index in [-0.39, 0.29) is 0 Å². The summed E-state index contributed by atoms with van der Waals surface area (Å²) in [4.78, 5) is 2.55. The lowest BCUT2D eigenvalue weighted by molar-refractivity contribution is 0.280. The molecule has 0 unspecified atom stereocenters. The number of hydrogen-bond donors (Lipinski definition) is 3. The van der Waals surface area contributed by atoms with E-state index in [1.165, 1.54) is 64.7 Å². The molecule has 0 saturated heterocycles. The molecule has 0 saturated carbocycles. The van der Waals surface area contributed by atoms with Crippen LogP contribution in [-0.4, -0.2) is 56.5 Å². The van der Waals surface area contributed by atoms with Crippen molar-refractivity contribution < 1.29 is 0 Å². The lowest BCUT2D eigenvalue weighted by atomic mass is 10.3. The first-order valence-electron chi connectivity index (χ1n) is 8.59. The Balaban J connectivity index is 3.45. The molecule has 0 aromatic rings. The molecule has 0 fully saturated rings. The average molecular weight is 304 g/mol. The van der Waals surface area contributed by atoms with Crippen molar-refractivity contribution in [2.24, 2.45) is 0 Å². The summed E-state index contributed by atoms with van der Waals surface area (Å²) < 4.78 is 0. The maximum absolute atomic E-state index is 4.37. The standard InChI is InChI=1S/C16H37N3S/c1-3-5-9-17-11-7-13-19(15-16-20)14-8-12-18-10-6-4-2/h17-18,20H,3-16H2,1-2H3. The van der Waals surface area contributed by atoms with Crippen molar-refractivity contribution in [2.75, 3.05) is 51.6 Å². The van der Waals surface area contributed by atoms with Gasteiger partial charge in [-0.3, -0.25) is 0 Å². The van der Waals surface area contributed by atoms with Gasteiger partial charge in [-0.15, -0.1) is 0 Å². The molecule has 0 radical (unpaired) electrons. The summed E-state index contributed by atoms with van der Waals surface area (Å²) in [5.74, 6) is 0.965. The van der Waals surface area contributed by atoms with E-state index >= 15 is 0 Å². The van der Waals surface area contributed by atoms with Gasteiger partial charge in [-0.25, -0.2) is 0 Å². The highest BCUT2D eigenvalue weighted by Gasteiger charge is 2.03. The largest absolute Gasteiger partial charge is 0.317 e. The Bertz CT molecular complexity index is 163. The minimum absolute atomic E-state index is 0.965. The van der Waals surface area contributed by atoms with Crippen LogP contribution < -0.4 is 10.6 Å². The average Bonchev–Trinajstić information content (AvgIpc) is 2.46. The molecule has 2 N–H and O–H groups in total. The molecule has 0 bridgehead atoms. The van der Waals surface area contributed by atoms with E-state index < -0.39 is 0 Å². The van der Waals surface area contributed by atoms with E-state index in [0.29, 0.717) is 0 Å². The van der Waals surface area contributed by atoms with Gasteiger partial charge in [0.05, 0.1) is 0 Å². The van der Waals surface area contributed by atoms with E-state index in [0.717, 1.165) is 25.4 Å². The molecular weight excluding hydrogens is 266 g/mol. The first-order chi connectivity index (χ1) is 9.85. The molecule has 0 aliphatic carbocycles. The molecule has 0 aromatic carbocycles. The highest BCUT2D eigenvalue weighted by molar-refractivity contribution is 7.80. The third-order valence-corrected chi connectivity index (χ3v) is 3.69. The second kappa shape index (κ2) is 17.3. The van der Waals surface area contributed by atoms with Crippen LogP contribution in [0.15, 0.2) is 0 Å². The number of hydrogen-bond acceptors (Lipinski definition) is 4. The van der Waals surface area contributed by atoms with Crippen molar-refractivity contribution in [2.45, 2.75) is 52.4 Å². The van der Waals surface area contributed by atoms with Crippen LogP contribution in [0.2, 0.25) is 0 Å². The van der Waals surface area contributed by atoms with Crippen LogP contribution in [0, 0.1) is 0 Å². The molecule has 0 rings (SSSR count). The van der Waals surface area contributed by atoms with Gasteiger partial charge in [-0.05, 0) is 65.0 Å². The summed E-state index contributed by atoms with van der Waals surface area (Å²) in [6.07, 6.45) is 7.66. The summed E-state index contributed by atoms with van der Waals surface area (Å²) in [6.45, 7) is 12.6. The van der Waals surface area contributed by atoms with Crippen LogP contribution in [0.25, 0.3) is 0 Å². The van der Waals surface area contributed by atoms with E-state index in [4.69, 9.17) is 0 Å². The van der Waals surface area contributed by atoms with Crippen molar-refractivity contribution in [3.05, 3.63) is 0 Å². The van der Waals surface area contributed by atoms with Crippen LogP contribution in [-0.2, 0) is 0 Å². The summed E-state index contributed by atoms with van der Waals surface area (Å²) in [7, 11) is 0. The van der Waals surface area contributed by atoms with Gasteiger partial charge in [0, 0.05) is 12.3 Å². The molecule has 0 spiro atoms. The van der Waals surface area contributed by atoms with E-state index in [1.807, 2.05) is 0 Å². The Hall–Kier alpha value is 0.230. The Morgan fingerprint density at radius 2 is 1.15 bits per heavy atom.